The minimum Gasteiger partial charge on any atom is -0.475 e. The Kier molecular flexibility index (Phi) is 3.40. The monoisotopic (exact) mass is 358 g/mol. The summed E-state index contributed by atoms with van der Waals surface area (Å²) >= 11 is 0. The van der Waals surface area contributed by atoms with E-state index in [9.17, 15) is 0 Å². The van der Waals surface area contributed by atoms with Crippen LogP contribution in [-0.4, -0.2) is 24.0 Å². The van der Waals surface area contributed by atoms with Crippen molar-refractivity contribution in [2.75, 3.05) is 0 Å². The van der Waals surface area contributed by atoms with Gasteiger partial charge in [0.05, 0.1) is 0 Å². The highest BCUT2D eigenvalue weighted by Crippen LogP contribution is 2.41. The van der Waals surface area contributed by atoms with Crippen LogP contribution in [-0.2, 0) is 22.3 Å². The lowest BCUT2D eigenvalue weighted by Gasteiger charge is -2.10. The van der Waals surface area contributed by atoms with Crippen LogP contribution in [0.2, 0.25) is 0 Å². The van der Waals surface area contributed by atoms with Crippen molar-refractivity contribution in [3.63, 3.8) is 0 Å². The average Bonchev–Trinajstić information content (AvgIpc) is 3.40. The molecule has 0 saturated carbocycles. The van der Waals surface area contributed by atoms with Crippen LogP contribution in [0, 0.1) is 0 Å². The maximum Gasteiger partial charge on any atom is 0.184 e. The highest BCUT2D eigenvalue weighted by molar-refractivity contribution is 5.81. The summed E-state index contributed by atoms with van der Waals surface area (Å²) in [5, 5.41) is 0. The van der Waals surface area contributed by atoms with Gasteiger partial charge in [0.25, 0.3) is 0 Å². The molecule has 4 heteroatoms. The molecule has 4 atom stereocenters. The van der Waals surface area contributed by atoms with Crippen molar-refractivity contribution in [1.82, 2.24) is 0 Å². The number of hydrogen-bond donors (Lipinski definition) is 0. The molecule has 4 aliphatic rings. The molecule has 0 bridgehead atoms. The fourth-order valence-corrected chi connectivity index (χ4v) is 4.95. The van der Waals surface area contributed by atoms with Crippen molar-refractivity contribution in [2.45, 2.75) is 56.4 Å². The van der Waals surface area contributed by atoms with Crippen molar-refractivity contribution in [1.29, 1.82) is 0 Å². The molecule has 27 heavy (non-hydrogen) atoms. The second-order valence-electron chi connectivity index (χ2n) is 7.91. The Morgan fingerprint density at radius 1 is 0.704 bits per heavy atom. The quantitative estimate of drug-likeness (QED) is 0.816. The van der Waals surface area contributed by atoms with Gasteiger partial charge in [-0.1, -0.05) is 48.5 Å². The van der Waals surface area contributed by atoms with Crippen LogP contribution in [0.1, 0.15) is 53.6 Å². The van der Waals surface area contributed by atoms with Gasteiger partial charge in [-0.05, 0) is 28.7 Å². The maximum absolute atomic E-state index is 6.12. The molecule has 0 unspecified atom stereocenters. The maximum atomic E-state index is 6.12. The fourth-order valence-electron chi connectivity index (χ4n) is 4.95. The predicted molar refractivity (Wildman–Crippen MR) is 104 cm³/mol. The van der Waals surface area contributed by atoms with E-state index < -0.39 is 0 Å². The van der Waals surface area contributed by atoms with Gasteiger partial charge in [0, 0.05) is 25.7 Å². The summed E-state index contributed by atoms with van der Waals surface area (Å²) in [5.74, 6) is 1.81. The molecule has 0 saturated heterocycles. The van der Waals surface area contributed by atoms with E-state index in [1.54, 1.807) is 0 Å². The number of rotatable bonds is 4. The van der Waals surface area contributed by atoms with Gasteiger partial charge in [-0.2, -0.15) is 0 Å². The van der Waals surface area contributed by atoms with Crippen molar-refractivity contribution >= 4 is 11.8 Å². The zero-order chi connectivity index (χ0) is 17.8. The first-order valence-electron chi connectivity index (χ1n) is 9.97. The Morgan fingerprint density at radius 3 is 1.70 bits per heavy atom. The van der Waals surface area contributed by atoms with Gasteiger partial charge in [0.1, 0.15) is 24.3 Å². The molecular weight excluding hydrogens is 336 g/mol. The predicted octanol–water partition coefficient (Wildman–Crippen LogP) is 4.35. The first-order valence-corrected chi connectivity index (χ1v) is 9.97. The molecule has 0 aromatic heterocycles. The second-order valence-corrected chi connectivity index (χ2v) is 7.91. The number of benzene rings is 2. The van der Waals surface area contributed by atoms with E-state index in [4.69, 9.17) is 19.5 Å². The fraction of sp³-hybridized carbons (Fsp3) is 0.391. The molecule has 0 radical (unpaired) electrons. The van der Waals surface area contributed by atoms with Gasteiger partial charge in [0.2, 0.25) is 0 Å². The number of hydrogen-bond acceptors (Lipinski definition) is 4. The summed E-state index contributed by atoms with van der Waals surface area (Å²) in [7, 11) is 0. The van der Waals surface area contributed by atoms with Gasteiger partial charge in [-0.15, -0.1) is 0 Å². The molecule has 2 aliphatic heterocycles. The SMILES string of the molecule is c1ccc2c(c1)C[C@H]1OC(CCCC3=N[C@H]4c5ccccc5C[C@H]4O3)=N[C@@H]21. The molecule has 136 valence electrons. The zero-order valence-corrected chi connectivity index (χ0v) is 15.2. The van der Waals surface area contributed by atoms with Crippen molar-refractivity contribution in [3.8, 4) is 0 Å². The van der Waals surface area contributed by atoms with E-state index in [1.165, 1.54) is 22.3 Å². The Hall–Kier alpha value is -2.62. The zero-order valence-electron chi connectivity index (χ0n) is 15.2. The van der Waals surface area contributed by atoms with E-state index in [-0.39, 0.29) is 24.3 Å². The van der Waals surface area contributed by atoms with Crippen LogP contribution in [0.4, 0.5) is 0 Å². The van der Waals surface area contributed by atoms with E-state index in [1.807, 2.05) is 0 Å². The van der Waals surface area contributed by atoms with Crippen LogP contribution < -0.4 is 0 Å². The molecule has 4 nitrogen and oxygen atoms in total. The Bertz CT molecular complexity index is 887. The summed E-state index contributed by atoms with van der Waals surface area (Å²) in [5.41, 5.74) is 5.45. The Balaban J connectivity index is 1.08. The van der Waals surface area contributed by atoms with Gasteiger partial charge in [-0.3, -0.25) is 0 Å². The largest absolute Gasteiger partial charge is 0.475 e. The molecule has 0 amide bonds. The minimum atomic E-state index is 0.201. The topological polar surface area (TPSA) is 43.2 Å². The Labute approximate surface area is 158 Å². The van der Waals surface area contributed by atoms with Crippen LogP contribution in [0.3, 0.4) is 0 Å². The summed E-state index contributed by atoms with van der Waals surface area (Å²) < 4.78 is 12.2. The van der Waals surface area contributed by atoms with E-state index >= 15 is 0 Å². The number of aliphatic imine (C=N–C) groups is 2. The molecule has 2 aromatic rings. The molecule has 0 spiro atoms. The third-order valence-electron chi connectivity index (χ3n) is 6.22. The molecule has 6 rings (SSSR count). The molecule has 2 aromatic carbocycles. The standard InChI is InChI=1S/C23H22N2O2/c1-3-8-16-14(6-1)12-18-22(16)24-20(26-18)10-5-11-21-25-23-17-9-4-2-7-15(17)13-19(23)27-21/h1-4,6-9,18-19,22-23H,5,10-13H2/t18-,19-,22+,23+/m1/s1. The first kappa shape index (κ1) is 15.4. The summed E-state index contributed by atoms with van der Waals surface area (Å²) in [4.78, 5) is 9.71. The molecule has 0 fully saturated rings. The van der Waals surface area contributed by atoms with E-state index in [2.05, 4.69) is 48.5 Å². The molecule has 0 N–H and O–H groups in total. The van der Waals surface area contributed by atoms with Gasteiger partial charge in [-0.25, -0.2) is 9.98 Å². The van der Waals surface area contributed by atoms with E-state index in [0.717, 1.165) is 43.9 Å². The van der Waals surface area contributed by atoms with Gasteiger partial charge < -0.3 is 9.47 Å². The third-order valence-corrected chi connectivity index (χ3v) is 6.22. The minimum absolute atomic E-state index is 0.201. The number of nitrogens with zero attached hydrogens (tertiary/aromatic N) is 2. The number of fused-ring (bicyclic) bond motifs is 6. The van der Waals surface area contributed by atoms with Crippen LogP contribution >= 0.6 is 0 Å². The van der Waals surface area contributed by atoms with Gasteiger partial charge >= 0.3 is 0 Å². The van der Waals surface area contributed by atoms with Gasteiger partial charge in [0.15, 0.2) is 11.8 Å². The summed E-state index contributed by atoms with van der Waals surface area (Å²) in [6, 6.07) is 17.5. The van der Waals surface area contributed by atoms with E-state index in [0.29, 0.717) is 0 Å². The van der Waals surface area contributed by atoms with Crippen molar-refractivity contribution in [3.05, 3.63) is 70.8 Å². The second kappa shape index (κ2) is 5.95. The lowest BCUT2D eigenvalue weighted by atomic mass is 10.1. The van der Waals surface area contributed by atoms with Crippen molar-refractivity contribution < 1.29 is 9.47 Å². The molecular formula is C23H22N2O2. The third kappa shape index (κ3) is 2.50. The highest BCUT2D eigenvalue weighted by Gasteiger charge is 2.40. The summed E-state index contributed by atoms with van der Waals surface area (Å²) in [6.45, 7) is 0. The average molecular weight is 358 g/mol. The van der Waals surface area contributed by atoms with Crippen LogP contribution in [0.25, 0.3) is 0 Å². The smallest absolute Gasteiger partial charge is 0.184 e. The highest BCUT2D eigenvalue weighted by atomic mass is 16.5. The molecule has 2 heterocycles. The first-order chi connectivity index (χ1) is 13.3. The lowest BCUT2D eigenvalue weighted by molar-refractivity contribution is 0.197. The van der Waals surface area contributed by atoms with Crippen LogP contribution in [0.5, 0.6) is 0 Å². The normalized spacial score (nSPS) is 29.2. The van der Waals surface area contributed by atoms with Crippen molar-refractivity contribution in [2.24, 2.45) is 9.98 Å². The Morgan fingerprint density at radius 2 is 1.19 bits per heavy atom. The molecule has 2 aliphatic carbocycles. The lowest BCUT2D eigenvalue weighted by Crippen LogP contribution is -2.14. The van der Waals surface area contributed by atoms with Crippen LogP contribution in [0.15, 0.2) is 58.5 Å². The number of ether oxygens (including phenoxy) is 2. The summed E-state index contributed by atoms with van der Waals surface area (Å²) in [6.07, 6.45) is 5.06.